The van der Waals surface area contributed by atoms with Crippen molar-refractivity contribution in [3.05, 3.63) is 40.8 Å². The second-order valence-electron chi connectivity index (χ2n) is 9.66. The van der Waals surface area contributed by atoms with Crippen LogP contribution in [0.1, 0.15) is 51.4 Å². The second-order valence-corrected chi connectivity index (χ2v) is 9.66. The molecular weight excluding hydrogens is 374 g/mol. The highest BCUT2D eigenvalue weighted by Gasteiger charge is 2.43. The Morgan fingerprint density at radius 2 is 1.97 bits per heavy atom. The first kappa shape index (κ1) is 19.7. The van der Waals surface area contributed by atoms with E-state index in [2.05, 4.69) is 20.8 Å². The third kappa shape index (κ3) is 4.15. The first-order valence-electron chi connectivity index (χ1n) is 11.7. The molecule has 2 aromatic heterocycles. The van der Waals surface area contributed by atoms with Crippen LogP contribution in [0.2, 0.25) is 0 Å². The maximum atomic E-state index is 11.6. The molecule has 4 atom stereocenters. The summed E-state index contributed by atoms with van der Waals surface area (Å²) in [6, 6.07) is 8.57. The summed E-state index contributed by atoms with van der Waals surface area (Å²) in [7, 11) is 1.75. The van der Waals surface area contributed by atoms with Gasteiger partial charge in [0.2, 0.25) is 5.56 Å². The molecule has 1 saturated heterocycles. The Kier molecular flexibility index (Phi) is 5.59. The van der Waals surface area contributed by atoms with E-state index >= 15 is 0 Å². The summed E-state index contributed by atoms with van der Waals surface area (Å²) < 4.78 is 1.57. The second kappa shape index (κ2) is 8.50. The summed E-state index contributed by atoms with van der Waals surface area (Å²) in [6.07, 6.45) is 12.8. The molecule has 3 fully saturated rings. The normalized spacial score (nSPS) is 29.1. The maximum absolute atomic E-state index is 11.6. The molecule has 6 heteroatoms. The minimum Gasteiger partial charge on any atom is -0.366 e. The van der Waals surface area contributed by atoms with Gasteiger partial charge in [0.15, 0.2) is 0 Å². The van der Waals surface area contributed by atoms with Crippen LogP contribution < -0.4 is 16.2 Å². The number of aryl methyl sites for hydroxylation is 1. The number of aromatic nitrogens is 3. The fraction of sp³-hybridized carbons (Fsp3) is 0.625. The van der Waals surface area contributed by atoms with Crippen molar-refractivity contribution in [3.8, 4) is 11.3 Å². The molecule has 0 spiro atoms. The number of rotatable bonds is 5. The topological polar surface area (TPSA) is 71.8 Å². The zero-order valence-electron chi connectivity index (χ0n) is 17.9. The van der Waals surface area contributed by atoms with Crippen LogP contribution in [0.3, 0.4) is 0 Å². The summed E-state index contributed by atoms with van der Waals surface area (Å²) in [5, 5.41) is 16.3. The molecule has 6 nitrogen and oxygen atoms in total. The zero-order chi connectivity index (χ0) is 20.5. The number of hydrogen-bond acceptors (Lipinski definition) is 5. The highest BCUT2D eigenvalue weighted by Crippen LogP contribution is 2.42. The molecule has 0 unspecified atom stereocenters. The molecule has 0 amide bonds. The Morgan fingerprint density at radius 3 is 2.73 bits per heavy atom. The Morgan fingerprint density at radius 1 is 1.10 bits per heavy atom. The Hall–Kier alpha value is -2.21. The molecule has 2 aromatic rings. The van der Waals surface area contributed by atoms with Gasteiger partial charge in [0.05, 0.1) is 5.69 Å². The summed E-state index contributed by atoms with van der Waals surface area (Å²) in [6.45, 7) is 1.18. The number of nitrogens with zero attached hydrogens (tertiary/aromatic N) is 3. The monoisotopic (exact) mass is 407 g/mol. The van der Waals surface area contributed by atoms with E-state index in [1.54, 1.807) is 29.9 Å². The van der Waals surface area contributed by atoms with E-state index in [0.717, 1.165) is 34.8 Å². The third-order valence-corrected chi connectivity index (χ3v) is 7.62. The minimum absolute atomic E-state index is 0.0203. The largest absolute Gasteiger partial charge is 0.366 e. The SMILES string of the molecule is Cn1cc(-c2ccc(N[C@H]3C[C@@H]4CN[C@@H](CC5CCCCC5)[C@H]4C3)nn2)ccc1=O. The molecule has 30 heavy (non-hydrogen) atoms. The van der Waals surface area contributed by atoms with E-state index in [1.807, 2.05) is 12.1 Å². The zero-order valence-corrected chi connectivity index (χ0v) is 17.9. The average Bonchev–Trinajstić information content (AvgIpc) is 3.33. The summed E-state index contributed by atoms with van der Waals surface area (Å²) in [5.74, 6) is 3.40. The number of nitrogens with one attached hydrogen (secondary N) is 2. The predicted octanol–water partition coefficient (Wildman–Crippen LogP) is 3.59. The van der Waals surface area contributed by atoms with Crippen molar-refractivity contribution < 1.29 is 0 Å². The predicted molar refractivity (Wildman–Crippen MR) is 119 cm³/mol. The van der Waals surface area contributed by atoms with E-state index in [9.17, 15) is 4.79 Å². The van der Waals surface area contributed by atoms with Crippen LogP contribution in [0.15, 0.2) is 35.3 Å². The molecule has 160 valence electrons. The van der Waals surface area contributed by atoms with Gasteiger partial charge in [-0.3, -0.25) is 4.79 Å². The molecule has 0 bridgehead atoms. The molecule has 5 rings (SSSR count). The smallest absolute Gasteiger partial charge is 0.250 e. The molecule has 2 saturated carbocycles. The van der Waals surface area contributed by atoms with Crippen molar-refractivity contribution in [2.45, 2.75) is 63.5 Å². The van der Waals surface area contributed by atoms with Crippen molar-refractivity contribution in [2.24, 2.45) is 24.8 Å². The van der Waals surface area contributed by atoms with Crippen molar-refractivity contribution in [2.75, 3.05) is 11.9 Å². The number of hydrogen-bond donors (Lipinski definition) is 2. The lowest BCUT2D eigenvalue weighted by Gasteiger charge is -2.27. The molecule has 2 N–H and O–H groups in total. The summed E-state index contributed by atoms with van der Waals surface area (Å²) in [5.41, 5.74) is 1.67. The maximum Gasteiger partial charge on any atom is 0.250 e. The van der Waals surface area contributed by atoms with Crippen LogP contribution in [0, 0.1) is 17.8 Å². The van der Waals surface area contributed by atoms with E-state index in [4.69, 9.17) is 0 Å². The quantitative estimate of drug-likeness (QED) is 0.793. The van der Waals surface area contributed by atoms with Crippen LogP contribution >= 0.6 is 0 Å². The fourth-order valence-electron chi connectivity index (χ4n) is 6.01. The van der Waals surface area contributed by atoms with E-state index < -0.39 is 0 Å². The van der Waals surface area contributed by atoms with Crippen LogP contribution in [0.5, 0.6) is 0 Å². The van der Waals surface area contributed by atoms with Gasteiger partial charge in [-0.1, -0.05) is 32.1 Å². The highest BCUT2D eigenvalue weighted by molar-refractivity contribution is 5.58. The van der Waals surface area contributed by atoms with Crippen molar-refractivity contribution in [1.29, 1.82) is 0 Å². The first-order valence-corrected chi connectivity index (χ1v) is 11.7. The van der Waals surface area contributed by atoms with Crippen molar-refractivity contribution in [1.82, 2.24) is 20.1 Å². The first-order chi connectivity index (χ1) is 14.7. The summed E-state index contributed by atoms with van der Waals surface area (Å²) in [4.78, 5) is 11.6. The van der Waals surface area contributed by atoms with Crippen LogP contribution in [0.4, 0.5) is 5.82 Å². The lowest BCUT2D eigenvalue weighted by atomic mass is 9.81. The molecule has 2 aliphatic carbocycles. The van der Waals surface area contributed by atoms with Crippen LogP contribution in [-0.2, 0) is 7.05 Å². The van der Waals surface area contributed by atoms with Gasteiger partial charge < -0.3 is 15.2 Å². The Balaban J connectivity index is 1.19. The number of fused-ring (bicyclic) bond motifs is 1. The van der Waals surface area contributed by atoms with Gasteiger partial charge in [-0.2, -0.15) is 0 Å². The lowest BCUT2D eigenvalue weighted by molar-refractivity contribution is 0.275. The van der Waals surface area contributed by atoms with Crippen LogP contribution in [-0.4, -0.2) is 33.4 Å². The number of anilines is 1. The molecule has 3 aliphatic rings. The van der Waals surface area contributed by atoms with Gasteiger partial charge in [-0.25, -0.2) is 0 Å². The highest BCUT2D eigenvalue weighted by atomic mass is 16.1. The minimum atomic E-state index is -0.0203. The Labute approximate surface area is 178 Å². The standard InChI is InChI=1S/C24H33N5O/c1-29-15-17(7-10-24(29)30)21-8-9-23(28-27-21)26-19-12-18-14-25-22(20(18)13-19)11-16-5-3-2-4-6-16/h7-10,15-16,18-20,22,25H,2-6,11-14H2,1H3,(H,26,28)/t18-,19+,20+,22+/m1/s1. The van der Waals surface area contributed by atoms with Gasteiger partial charge in [-0.05, 0) is 61.8 Å². The Bertz CT molecular complexity index is 918. The van der Waals surface area contributed by atoms with Crippen molar-refractivity contribution >= 4 is 5.82 Å². The molecule has 1 aliphatic heterocycles. The third-order valence-electron chi connectivity index (χ3n) is 7.62. The van der Waals surface area contributed by atoms with E-state index in [0.29, 0.717) is 12.1 Å². The van der Waals surface area contributed by atoms with Gasteiger partial charge in [0, 0.05) is 37.0 Å². The lowest BCUT2D eigenvalue weighted by Crippen LogP contribution is -2.32. The van der Waals surface area contributed by atoms with Gasteiger partial charge >= 0.3 is 0 Å². The van der Waals surface area contributed by atoms with Gasteiger partial charge in [0.1, 0.15) is 5.82 Å². The number of pyridine rings is 1. The molecular formula is C24H33N5O. The summed E-state index contributed by atoms with van der Waals surface area (Å²) >= 11 is 0. The molecule has 0 aromatic carbocycles. The van der Waals surface area contributed by atoms with Gasteiger partial charge in [-0.15, -0.1) is 10.2 Å². The molecule has 3 heterocycles. The van der Waals surface area contributed by atoms with Gasteiger partial charge in [0.25, 0.3) is 0 Å². The fourth-order valence-corrected chi connectivity index (χ4v) is 6.01. The molecule has 0 radical (unpaired) electrons. The average molecular weight is 408 g/mol. The van der Waals surface area contributed by atoms with Crippen molar-refractivity contribution in [3.63, 3.8) is 0 Å². The van der Waals surface area contributed by atoms with Crippen LogP contribution in [0.25, 0.3) is 11.3 Å². The van der Waals surface area contributed by atoms with E-state index in [-0.39, 0.29) is 5.56 Å². The van der Waals surface area contributed by atoms with E-state index in [1.165, 1.54) is 57.9 Å².